The minimum Gasteiger partial charge on any atom is -0.493 e. The van der Waals surface area contributed by atoms with E-state index in [2.05, 4.69) is 10.3 Å². The van der Waals surface area contributed by atoms with Crippen molar-refractivity contribution >= 4 is 28.5 Å². The fourth-order valence-corrected chi connectivity index (χ4v) is 3.34. The van der Waals surface area contributed by atoms with Gasteiger partial charge in [0.25, 0.3) is 5.91 Å². The molecule has 0 unspecified atom stereocenters. The molecule has 0 aliphatic heterocycles. The van der Waals surface area contributed by atoms with Crippen LogP contribution in [-0.2, 0) is 0 Å². The summed E-state index contributed by atoms with van der Waals surface area (Å²) in [5.74, 6) is -0.334. The Bertz CT molecular complexity index is 1180. The lowest BCUT2D eigenvalue weighted by atomic mass is 10.1. The maximum absolute atomic E-state index is 12.5. The van der Waals surface area contributed by atoms with Crippen LogP contribution in [0.3, 0.4) is 0 Å². The van der Waals surface area contributed by atoms with E-state index in [-0.39, 0.29) is 43.5 Å². The Balaban J connectivity index is 0.00000210. The lowest BCUT2D eigenvalue weighted by molar-refractivity contribution is 0.0696. The molecular weight excluding hydrogens is 454 g/mol. The highest BCUT2D eigenvalue weighted by Gasteiger charge is 2.19. The van der Waals surface area contributed by atoms with Gasteiger partial charge in [0.1, 0.15) is 24.5 Å². The first-order valence-electron chi connectivity index (χ1n) is 11.1. The van der Waals surface area contributed by atoms with Gasteiger partial charge in [-0.25, -0.2) is 4.79 Å². The number of amides is 1. The first-order valence-corrected chi connectivity index (χ1v) is 11.1. The number of fused-ring (bicyclic) bond motifs is 1. The zero-order valence-electron chi connectivity index (χ0n) is 20.3. The van der Waals surface area contributed by atoms with E-state index in [0.29, 0.717) is 39.4 Å². The number of hydrogen-bond acceptors (Lipinski definition) is 8. The average molecular weight is 486 g/mol. The molecule has 1 amide bonds. The molecule has 3 aromatic rings. The van der Waals surface area contributed by atoms with Gasteiger partial charge < -0.3 is 35.5 Å². The second-order valence-electron chi connectivity index (χ2n) is 6.98. The Morgan fingerprint density at radius 3 is 2.43 bits per heavy atom. The summed E-state index contributed by atoms with van der Waals surface area (Å²) in [6, 6.07) is 9.83. The Kier molecular flexibility index (Phi) is 10.1. The highest BCUT2D eigenvalue weighted by molar-refractivity contribution is 6.06. The topological polar surface area (TPSA) is 153 Å². The monoisotopic (exact) mass is 485 g/mol. The predicted molar refractivity (Wildman–Crippen MR) is 133 cm³/mol. The van der Waals surface area contributed by atoms with Gasteiger partial charge >= 0.3 is 5.97 Å². The molecule has 0 saturated heterocycles. The molecule has 10 heteroatoms. The van der Waals surface area contributed by atoms with Crippen LogP contribution in [0.15, 0.2) is 36.4 Å². The van der Waals surface area contributed by atoms with Crippen molar-refractivity contribution in [3.63, 3.8) is 0 Å². The molecule has 3 rings (SSSR count). The number of aryl methyl sites for hydroxylation is 1. The molecule has 188 valence electrons. The Morgan fingerprint density at radius 2 is 1.77 bits per heavy atom. The number of nitrogens with one attached hydrogen (secondary N) is 1. The molecule has 0 fully saturated rings. The molecule has 0 aliphatic rings. The van der Waals surface area contributed by atoms with Crippen molar-refractivity contribution in [3.05, 3.63) is 53.2 Å². The van der Waals surface area contributed by atoms with Crippen LogP contribution in [0.4, 0.5) is 5.69 Å². The van der Waals surface area contributed by atoms with Gasteiger partial charge in [-0.1, -0.05) is 19.9 Å². The summed E-state index contributed by atoms with van der Waals surface area (Å²) in [5, 5.41) is 21.5. The number of aliphatic hydroxyl groups is 1. The Morgan fingerprint density at radius 1 is 1.06 bits per heavy atom. The molecule has 2 aromatic carbocycles. The first kappa shape index (κ1) is 27.2. The zero-order valence-corrected chi connectivity index (χ0v) is 20.3. The van der Waals surface area contributed by atoms with Crippen molar-refractivity contribution < 1.29 is 34.0 Å². The van der Waals surface area contributed by atoms with E-state index >= 15 is 0 Å². The van der Waals surface area contributed by atoms with Crippen LogP contribution >= 0.6 is 0 Å². The number of methoxy groups -OCH3 is 1. The maximum Gasteiger partial charge on any atom is 0.339 e. The third-order valence-electron chi connectivity index (χ3n) is 4.83. The quantitative estimate of drug-likeness (QED) is 0.317. The fraction of sp³-hybridized carbons (Fsp3) is 0.320. The largest absolute Gasteiger partial charge is 0.493 e. The van der Waals surface area contributed by atoms with Crippen LogP contribution in [0.5, 0.6) is 17.2 Å². The normalized spacial score (nSPS) is 10.2. The molecule has 0 saturated carbocycles. The summed E-state index contributed by atoms with van der Waals surface area (Å²) in [6.45, 7) is 5.87. The SMILES string of the molecule is CC.COc1cc(C(=O)NCCOc2cccc3nc(C)c(C(=O)O)c(N)c23)ccc1OCCO. The lowest BCUT2D eigenvalue weighted by Crippen LogP contribution is -2.28. The first-order chi connectivity index (χ1) is 16.9. The smallest absolute Gasteiger partial charge is 0.339 e. The number of aromatic nitrogens is 1. The van der Waals surface area contributed by atoms with Gasteiger partial charge in [-0.2, -0.15) is 0 Å². The van der Waals surface area contributed by atoms with Crippen molar-refractivity contribution in [1.82, 2.24) is 10.3 Å². The van der Waals surface area contributed by atoms with Crippen molar-refractivity contribution in [2.45, 2.75) is 20.8 Å². The summed E-state index contributed by atoms with van der Waals surface area (Å²) in [4.78, 5) is 28.3. The van der Waals surface area contributed by atoms with Crippen LogP contribution in [0.1, 0.15) is 40.3 Å². The minimum absolute atomic E-state index is 0.0628. The minimum atomic E-state index is -1.16. The Labute approximate surface area is 203 Å². The van der Waals surface area contributed by atoms with Crippen LogP contribution < -0.4 is 25.3 Å². The number of benzene rings is 2. The average Bonchev–Trinajstić information content (AvgIpc) is 2.85. The number of pyridine rings is 1. The molecule has 5 N–H and O–H groups in total. The standard InChI is InChI=1S/C23H25N3O7.C2H6/c1-13-19(23(29)30)21(24)20-15(26-13)4-3-5-17(20)32-10-8-25-22(28)14-6-7-16(33-11-9-27)18(12-14)31-2;1-2/h3-7,12,27H,8-11H2,1-2H3,(H2,24,26)(H,25,28)(H,29,30);1-2H3. The van der Waals surface area contributed by atoms with Crippen LogP contribution in [0, 0.1) is 6.92 Å². The van der Waals surface area contributed by atoms with Crippen LogP contribution in [0.25, 0.3) is 10.9 Å². The zero-order chi connectivity index (χ0) is 26.0. The van der Waals surface area contributed by atoms with Crippen molar-refractivity contribution in [2.75, 3.05) is 39.2 Å². The number of anilines is 1. The molecule has 0 bridgehead atoms. The number of nitrogens with zero attached hydrogens (tertiary/aromatic N) is 1. The second kappa shape index (κ2) is 13.0. The van der Waals surface area contributed by atoms with Gasteiger partial charge in [0.15, 0.2) is 11.5 Å². The van der Waals surface area contributed by atoms with E-state index in [1.807, 2.05) is 13.8 Å². The number of nitrogens with two attached hydrogens (primary N) is 1. The van der Waals surface area contributed by atoms with Crippen molar-refractivity contribution in [3.8, 4) is 17.2 Å². The van der Waals surface area contributed by atoms with Crippen LogP contribution in [0.2, 0.25) is 0 Å². The number of aliphatic hydroxyl groups excluding tert-OH is 1. The van der Waals surface area contributed by atoms with Gasteiger partial charge in [0.2, 0.25) is 0 Å². The molecular formula is C25H31N3O7. The predicted octanol–water partition coefficient (Wildman–Crippen LogP) is 3.04. The second-order valence-corrected chi connectivity index (χ2v) is 6.98. The molecule has 0 atom stereocenters. The number of nitrogen functional groups attached to an aromatic ring is 1. The highest BCUT2D eigenvalue weighted by Crippen LogP contribution is 2.33. The number of carbonyl (C=O) groups is 2. The van der Waals surface area contributed by atoms with Gasteiger partial charge in [0.05, 0.1) is 42.5 Å². The van der Waals surface area contributed by atoms with E-state index in [1.54, 1.807) is 37.3 Å². The number of hydrogen-bond donors (Lipinski definition) is 4. The summed E-state index contributed by atoms with van der Waals surface area (Å²) in [5.41, 5.74) is 7.34. The summed E-state index contributed by atoms with van der Waals surface area (Å²) < 4.78 is 16.4. The maximum atomic E-state index is 12.5. The molecule has 0 radical (unpaired) electrons. The van der Waals surface area contributed by atoms with Gasteiger partial charge in [0, 0.05) is 5.56 Å². The van der Waals surface area contributed by atoms with E-state index in [4.69, 9.17) is 25.1 Å². The molecule has 0 aliphatic carbocycles. The lowest BCUT2D eigenvalue weighted by Gasteiger charge is -2.14. The number of aromatic carboxylic acids is 1. The number of carboxylic acid groups (broad SMARTS) is 1. The third kappa shape index (κ3) is 6.51. The highest BCUT2D eigenvalue weighted by atomic mass is 16.5. The van der Waals surface area contributed by atoms with Crippen molar-refractivity contribution in [2.24, 2.45) is 0 Å². The molecule has 0 spiro atoms. The summed E-state index contributed by atoms with van der Waals surface area (Å²) in [6.07, 6.45) is 0. The number of rotatable bonds is 10. The fourth-order valence-electron chi connectivity index (χ4n) is 3.34. The van der Waals surface area contributed by atoms with Crippen molar-refractivity contribution in [1.29, 1.82) is 0 Å². The van der Waals surface area contributed by atoms with Gasteiger partial charge in [-0.15, -0.1) is 0 Å². The van der Waals surface area contributed by atoms with E-state index < -0.39 is 5.97 Å². The molecule has 1 heterocycles. The summed E-state index contributed by atoms with van der Waals surface area (Å²) in [7, 11) is 1.46. The molecule has 1 aromatic heterocycles. The number of carbonyl (C=O) groups excluding carboxylic acids is 1. The van der Waals surface area contributed by atoms with Crippen LogP contribution in [-0.4, -0.2) is 60.5 Å². The molecule has 35 heavy (non-hydrogen) atoms. The van der Waals surface area contributed by atoms with E-state index in [0.717, 1.165) is 0 Å². The number of carboxylic acids is 1. The third-order valence-corrected chi connectivity index (χ3v) is 4.83. The summed E-state index contributed by atoms with van der Waals surface area (Å²) >= 11 is 0. The van der Waals surface area contributed by atoms with Gasteiger partial charge in [-0.05, 0) is 37.3 Å². The molecule has 10 nitrogen and oxygen atoms in total. The Hall–Kier alpha value is -4.05. The van der Waals surface area contributed by atoms with Gasteiger partial charge in [-0.3, -0.25) is 9.78 Å². The van der Waals surface area contributed by atoms with E-state index in [1.165, 1.54) is 13.2 Å². The van der Waals surface area contributed by atoms with E-state index in [9.17, 15) is 14.7 Å². The number of ether oxygens (including phenoxy) is 3.